The van der Waals surface area contributed by atoms with Crippen molar-refractivity contribution in [3.05, 3.63) is 30.1 Å². The first-order valence-electron chi connectivity index (χ1n) is 3.88. The summed E-state index contributed by atoms with van der Waals surface area (Å²) in [4.78, 5) is 3.75. The maximum absolute atomic E-state index is 12.0. The van der Waals surface area contributed by atoms with Crippen molar-refractivity contribution in [2.75, 3.05) is 0 Å². The highest BCUT2D eigenvalue weighted by Gasteiger charge is 2.37. The Labute approximate surface area is 79.1 Å². The monoisotopic (exact) mass is 205 g/mol. The molecule has 1 unspecified atom stereocenters. The predicted octanol–water partition coefficient (Wildman–Crippen LogP) is 1.32. The second-order valence-corrected chi connectivity index (χ2v) is 3.04. The number of hydrogen-bond donors (Lipinski definition) is 2. The van der Waals surface area contributed by atoms with Gasteiger partial charge in [-0.15, -0.1) is 0 Å². The normalized spacial score (nSPS) is 16.4. The lowest BCUT2D eigenvalue weighted by Crippen LogP contribution is -2.54. The average molecular weight is 205 g/mol. The van der Waals surface area contributed by atoms with Crippen LogP contribution in [0.3, 0.4) is 0 Å². The van der Waals surface area contributed by atoms with E-state index in [1.807, 2.05) is 0 Å². The summed E-state index contributed by atoms with van der Waals surface area (Å²) >= 11 is 0. The fourth-order valence-electron chi connectivity index (χ4n) is 1.03. The van der Waals surface area contributed by atoms with Gasteiger partial charge in [0.2, 0.25) is 0 Å². The molecule has 0 saturated carbocycles. The van der Waals surface area contributed by atoms with Gasteiger partial charge in [-0.05, 0) is 19.1 Å². The van der Waals surface area contributed by atoms with Crippen molar-refractivity contribution in [3.8, 4) is 0 Å². The van der Waals surface area contributed by atoms with Crippen LogP contribution in [-0.4, -0.2) is 11.3 Å². The van der Waals surface area contributed by atoms with Crippen LogP contribution in [0.25, 0.3) is 0 Å². The van der Waals surface area contributed by atoms with Crippen molar-refractivity contribution >= 4 is 0 Å². The van der Waals surface area contributed by atoms with E-state index in [1.165, 1.54) is 24.5 Å². The summed E-state index contributed by atoms with van der Waals surface area (Å²) in [6.45, 7) is 1.21. The van der Waals surface area contributed by atoms with Crippen LogP contribution in [0.1, 0.15) is 12.6 Å². The van der Waals surface area contributed by atoms with E-state index in [-0.39, 0.29) is 5.69 Å². The Morgan fingerprint density at radius 1 is 1.36 bits per heavy atom. The van der Waals surface area contributed by atoms with E-state index in [2.05, 4.69) is 4.98 Å². The summed E-state index contributed by atoms with van der Waals surface area (Å²) in [6, 6.07) is 4.61. The zero-order valence-corrected chi connectivity index (χ0v) is 7.47. The first-order valence-corrected chi connectivity index (χ1v) is 3.88. The number of nitrogens with one attached hydrogen (secondary N) is 1. The lowest BCUT2D eigenvalue weighted by Gasteiger charge is -2.26. The Morgan fingerprint density at radius 3 is 2.43 bits per heavy atom. The van der Waals surface area contributed by atoms with E-state index in [1.54, 1.807) is 12.1 Å². The number of nitrogens with zero attached hydrogens (tertiary/aromatic N) is 1. The van der Waals surface area contributed by atoms with Gasteiger partial charge >= 0.3 is 6.30 Å². The Morgan fingerprint density at radius 2 is 2.00 bits per heavy atom. The molecule has 0 aromatic carbocycles. The quantitative estimate of drug-likeness (QED) is 0.565. The molecule has 0 amide bonds. The molecule has 1 atom stereocenters. The zero-order chi connectivity index (χ0) is 10.8. The van der Waals surface area contributed by atoms with Crippen LogP contribution >= 0.6 is 0 Å². The van der Waals surface area contributed by atoms with E-state index in [0.29, 0.717) is 0 Å². The van der Waals surface area contributed by atoms with Crippen LogP contribution < -0.4 is 11.1 Å². The third-order valence-electron chi connectivity index (χ3n) is 1.60. The van der Waals surface area contributed by atoms with Crippen molar-refractivity contribution in [2.24, 2.45) is 5.73 Å². The Hall–Kier alpha value is -1.14. The van der Waals surface area contributed by atoms with Gasteiger partial charge in [0.05, 0.1) is 5.69 Å². The highest BCUT2D eigenvalue weighted by atomic mass is 19.4. The molecule has 3 N–H and O–H groups in total. The van der Waals surface area contributed by atoms with Crippen LogP contribution in [0.2, 0.25) is 0 Å². The van der Waals surface area contributed by atoms with Crippen LogP contribution in [-0.2, 0) is 5.66 Å². The summed E-state index contributed by atoms with van der Waals surface area (Å²) in [7, 11) is 0. The molecule has 0 radical (unpaired) electrons. The first kappa shape index (κ1) is 10.9. The molecule has 0 bridgehead atoms. The van der Waals surface area contributed by atoms with Gasteiger partial charge < -0.3 is 5.73 Å². The largest absolute Gasteiger partial charge is 0.459 e. The molecule has 1 aromatic rings. The number of aromatic nitrogens is 1. The van der Waals surface area contributed by atoms with Gasteiger partial charge in [0.15, 0.2) is 0 Å². The molecule has 3 nitrogen and oxygen atoms in total. The number of rotatable bonds is 2. The van der Waals surface area contributed by atoms with Gasteiger partial charge in [0.25, 0.3) is 0 Å². The fraction of sp³-hybridized carbons (Fsp3) is 0.375. The molecule has 0 aliphatic rings. The first-order chi connectivity index (χ1) is 6.31. The molecule has 0 aliphatic heterocycles. The minimum absolute atomic E-state index is 0.136. The van der Waals surface area contributed by atoms with Gasteiger partial charge in [-0.25, -0.2) is 5.32 Å². The minimum Gasteiger partial charge on any atom is -0.308 e. The molecular weight excluding hydrogens is 195 g/mol. The summed E-state index contributed by atoms with van der Waals surface area (Å²) in [5.41, 5.74) is 3.86. The summed E-state index contributed by atoms with van der Waals surface area (Å²) in [6.07, 6.45) is -3.14. The summed E-state index contributed by atoms with van der Waals surface area (Å²) < 4.78 is 36.1. The van der Waals surface area contributed by atoms with E-state index >= 15 is 0 Å². The smallest absolute Gasteiger partial charge is 0.308 e. The molecule has 0 spiro atoms. The molecule has 78 valence electrons. The van der Waals surface area contributed by atoms with Crippen LogP contribution in [0.5, 0.6) is 0 Å². The van der Waals surface area contributed by atoms with Crippen molar-refractivity contribution in [2.45, 2.75) is 18.9 Å². The second-order valence-electron chi connectivity index (χ2n) is 3.04. The third kappa shape index (κ3) is 2.97. The molecule has 0 saturated heterocycles. The van der Waals surface area contributed by atoms with E-state index < -0.39 is 12.0 Å². The van der Waals surface area contributed by atoms with Crippen LogP contribution in [0.4, 0.5) is 13.2 Å². The molecule has 1 aromatic heterocycles. The van der Waals surface area contributed by atoms with Gasteiger partial charge in [-0.2, -0.15) is 13.2 Å². The minimum atomic E-state index is -4.53. The van der Waals surface area contributed by atoms with Crippen LogP contribution in [0, 0.1) is 0 Å². The maximum atomic E-state index is 12.0. The third-order valence-corrected chi connectivity index (χ3v) is 1.60. The van der Waals surface area contributed by atoms with Crippen molar-refractivity contribution in [1.82, 2.24) is 10.3 Å². The van der Waals surface area contributed by atoms with E-state index in [4.69, 9.17) is 5.73 Å². The summed E-state index contributed by atoms with van der Waals surface area (Å²) in [5, 5.41) is 1.33. The number of halogens is 3. The molecule has 14 heavy (non-hydrogen) atoms. The zero-order valence-electron chi connectivity index (χ0n) is 7.47. The predicted molar refractivity (Wildman–Crippen MR) is 45.0 cm³/mol. The summed E-state index contributed by atoms with van der Waals surface area (Å²) in [5.74, 6) is 0. The van der Waals surface area contributed by atoms with Gasteiger partial charge in [0.1, 0.15) is 5.66 Å². The van der Waals surface area contributed by atoms with Gasteiger partial charge in [0, 0.05) is 6.20 Å². The average Bonchev–Trinajstić information content (AvgIpc) is 2.01. The molecule has 1 rings (SSSR count). The number of nitrogens with two attached hydrogens (primary N) is 1. The Kier molecular flexibility index (Phi) is 2.77. The van der Waals surface area contributed by atoms with Gasteiger partial charge in [-0.1, -0.05) is 6.07 Å². The Balaban J connectivity index is 2.86. The lowest BCUT2D eigenvalue weighted by molar-refractivity contribution is -0.175. The molecule has 0 fully saturated rings. The molecular formula is C8H10F3N3. The highest BCUT2D eigenvalue weighted by Crippen LogP contribution is 2.19. The van der Waals surface area contributed by atoms with Crippen molar-refractivity contribution in [3.63, 3.8) is 0 Å². The number of alkyl halides is 3. The van der Waals surface area contributed by atoms with Crippen molar-refractivity contribution in [1.29, 1.82) is 0 Å². The maximum Gasteiger partial charge on any atom is 0.459 e. The number of hydrogen-bond acceptors (Lipinski definition) is 3. The standard InChI is InChI=1S/C8H10F3N3/c1-7(12,14-8(9,10)11)6-4-2-3-5-13-6/h2-5,14H,12H2,1H3. The van der Waals surface area contributed by atoms with E-state index in [9.17, 15) is 13.2 Å². The molecule has 6 heteroatoms. The van der Waals surface area contributed by atoms with Crippen molar-refractivity contribution < 1.29 is 13.2 Å². The van der Waals surface area contributed by atoms with Crippen LogP contribution in [0.15, 0.2) is 24.4 Å². The number of pyridine rings is 1. The lowest BCUT2D eigenvalue weighted by atomic mass is 10.1. The topological polar surface area (TPSA) is 50.9 Å². The highest BCUT2D eigenvalue weighted by molar-refractivity contribution is 5.12. The molecule has 1 heterocycles. The Bertz CT molecular complexity index is 294. The second kappa shape index (κ2) is 3.55. The van der Waals surface area contributed by atoms with E-state index in [0.717, 1.165) is 0 Å². The molecule has 0 aliphatic carbocycles. The fourth-order valence-corrected chi connectivity index (χ4v) is 1.03. The SMILES string of the molecule is CC(N)(NC(F)(F)F)c1ccccn1. The van der Waals surface area contributed by atoms with Gasteiger partial charge in [-0.3, -0.25) is 4.98 Å².